The van der Waals surface area contributed by atoms with Crippen molar-refractivity contribution in [3.8, 4) is 5.75 Å². The SMILES string of the molecule is COc1ccc(C(=O)O[C@@H]2O[C@H](C(=O)O)[C@@H](O)[C@H](O)[C@H]2O)cc1. The van der Waals surface area contributed by atoms with Crippen molar-refractivity contribution in [2.24, 2.45) is 0 Å². The van der Waals surface area contributed by atoms with E-state index in [1.54, 1.807) is 0 Å². The maximum absolute atomic E-state index is 12.0. The quantitative estimate of drug-likeness (QED) is 0.498. The number of benzene rings is 1. The third-order valence-corrected chi connectivity index (χ3v) is 3.36. The fraction of sp³-hybridized carbons (Fsp3) is 0.429. The summed E-state index contributed by atoms with van der Waals surface area (Å²) >= 11 is 0. The number of rotatable bonds is 4. The Kier molecular flexibility index (Phi) is 5.16. The average molecular weight is 328 g/mol. The van der Waals surface area contributed by atoms with Gasteiger partial charge >= 0.3 is 11.9 Å². The lowest BCUT2D eigenvalue weighted by molar-refractivity contribution is -0.278. The van der Waals surface area contributed by atoms with Crippen LogP contribution in [0.5, 0.6) is 5.75 Å². The molecule has 0 amide bonds. The lowest BCUT2D eigenvalue weighted by Gasteiger charge is -2.37. The van der Waals surface area contributed by atoms with E-state index in [2.05, 4.69) is 0 Å². The first kappa shape index (κ1) is 17.2. The lowest BCUT2D eigenvalue weighted by Crippen LogP contribution is -2.60. The van der Waals surface area contributed by atoms with Gasteiger partial charge in [-0.25, -0.2) is 9.59 Å². The summed E-state index contributed by atoms with van der Waals surface area (Å²) in [6, 6.07) is 5.81. The Labute approximate surface area is 130 Å². The highest BCUT2D eigenvalue weighted by atomic mass is 16.7. The molecule has 0 saturated carbocycles. The molecule has 1 heterocycles. The van der Waals surface area contributed by atoms with E-state index in [9.17, 15) is 24.9 Å². The first-order valence-corrected chi connectivity index (χ1v) is 6.62. The Balaban J connectivity index is 2.10. The number of aliphatic hydroxyl groups excluding tert-OH is 3. The van der Waals surface area contributed by atoms with Gasteiger partial charge in [0.2, 0.25) is 6.29 Å². The molecule has 4 N–H and O–H groups in total. The normalized spacial score (nSPS) is 30.5. The highest BCUT2D eigenvalue weighted by Gasteiger charge is 2.48. The minimum atomic E-state index is -1.85. The van der Waals surface area contributed by atoms with Crippen LogP contribution < -0.4 is 4.74 Å². The van der Waals surface area contributed by atoms with Gasteiger partial charge in [0.25, 0.3) is 0 Å². The van der Waals surface area contributed by atoms with Gasteiger partial charge in [0.1, 0.15) is 24.1 Å². The number of carboxylic acid groups (broad SMARTS) is 1. The van der Waals surface area contributed by atoms with Crippen LogP contribution in [0.2, 0.25) is 0 Å². The van der Waals surface area contributed by atoms with E-state index in [4.69, 9.17) is 19.3 Å². The second kappa shape index (κ2) is 6.92. The molecule has 9 heteroatoms. The standard InChI is InChI=1S/C14H16O9/c1-21-7-4-2-6(3-5-7)13(20)23-14-10(17)8(15)9(16)11(22-14)12(18)19/h2-5,8-11,14-17H,1H3,(H,18,19)/t8-,9-,10+,11-,14-/m0/s1. The molecule has 0 spiro atoms. The summed E-state index contributed by atoms with van der Waals surface area (Å²) in [7, 11) is 1.46. The molecule has 1 aliphatic heterocycles. The van der Waals surface area contributed by atoms with E-state index in [1.807, 2.05) is 0 Å². The summed E-state index contributed by atoms with van der Waals surface area (Å²) in [4.78, 5) is 22.9. The molecule has 1 aromatic carbocycles. The molecule has 126 valence electrons. The molecule has 1 aliphatic rings. The minimum Gasteiger partial charge on any atom is -0.497 e. The molecule has 1 fully saturated rings. The largest absolute Gasteiger partial charge is 0.497 e. The van der Waals surface area contributed by atoms with Gasteiger partial charge in [-0.1, -0.05) is 0 Å². The van der Waals surface area contributed by atoms with Gasteiger partial charge in [-0.3, -0.25) is 0 Å². The Bertz CT molecular complexity index is 570. The summed E-state index contributed by atoms with van der Waals surface area (Å²) in [6.45, 7) is 0. The topological polar surface area (TPSA) is 143 Å². The average Bonchev–Trinajstić information content (AvgIpc) is 2.55. The van der Waals surface area contributed by atoms with Crippen molar-refractivity contribution in [2.75, 3.05) is 7.11 Å². The van der Waals surface area contributed by atoms with Crippen molar-refractivity contribution >= 4 is 11.9 Å². The number of hydrogen-bond donors (Lipinski definition) is 4. The van der Waals surface area contributed by atoms with Crippen molar-refractivity contribution in [3.05, 3.63) is 29.8 Å². The lowest BCUT2D eigenvalue weighted by atomic mass is 9.99. The summed E-state index contributed by atoms with van der Waals surface area (Å²) in [6.07, 6.45) is -9.04. The summed E-state index contributed by atoms with van der Waals surface area (Å²) in [5.74, 6) is -1.95. The minimum absolute atomic E-state index is 0.106. The van der Waals surface area contributed by atoms with Crippen LogP contribution in [0.3, 0.4) is 0 Å². The van der Waals surface area contributed by atoms with E-state index in [0.717, 1.165) is 0 Å². The Morgan fingerprint density at radius 1 is 1.04 bits per heavy atom. The van der Waals surface area contributed by atoms with Gasteiger partial charge < -0.3 is 34.6 Å². The van der Waals surface area contributed by atoms with Crippen LogP contribution in [0.15, 0.2) is 24.3 Å². The molecule has 5 atom stereocenters. The molecule has 0 unspecified atom stereocenters. The Hall–Kier alpha value is -2.20. The van der Waals surface area contributed by atoms with Gasteiger partial charge in [-0.15, -0.1) is 0 Å². The predicted molar refractivity (Wildman–Crippen MR) is 72.7 cm³/mol. The molecule has 0 bridgehead atoms. The molecular formula is C14H16O9. The van der Waals surface area contributed by atoms with Crippen LogP contribution in [0.1, 0.15) is 10.4 Å². The van der Waals surface area contributed by atoms with Crippen LogP contribution in [-0.4, -0.2) is 70.2 Å². The van der Waals surface area contributed by atoms with Gasteiger partial charge in [-0.05, 0) is 24.3 Å². The summed E-state index contributed by atoms with van der Waals surface area (Å²) in [5.41, 5.74) is 0.106. The van der Waals surface area contributed by atoms with Crippen molar-refractivity contribution in [2.45, 2.75) is 30.7 Å². The van der Waals surface area contributed by atoms with E-state index >= 15 is 0 Å². The second-order valence-corrected chi connectivity index (χ2v) is 4.87. The molecule has 0 radical (unpaired) electrons. The molecular weight excluding hydrogens is 312 g/mol. The number of methoxy groups -OCH3 is 1. The highest BCUT2D eigenvalue weighted by molar-refractivity contribution is 5.89. The highest BCUT2D eigenvalue weighted by Crippen LogP contribution is 2.23. The molecule has 0 aromatic heterocycles. The smallest absolute Gasteiger partial charge is 0.340 e. The first-order valence-electron chi connectivity index (χ1n) is 6.62. The van der Waals surface area contributed by atoms with Crippen molar-refractivity contribution in [1.29, 1.82) is 0 Å². The molecule has 2 rings (SSSR count). The number of ether oxygens (including phenoxy) is 3. The molecule has 0 aliphatic carbocycles. The van der Waals surface area contributed by atoms with Gasteiger partial charge in [0.05, 0.1) is 12.7 Å². The van der Waals surface area contributed by atoms with Crippen LogP contribution in [0.4, 0.5) is 0 Å². The van der Waals surface area contributed by atoms with Crippen LogP contribution >= 0.6 is 0 Å². The van der Waals surface area contributed by atoms with E-state index in [-0.39, 0.29) is 5.56 Å². The third-order valence-electron chi connectivity index (χ3n) is 3.36. The zero-order valence-corrected chi connectivity index (χ0v) is 12.0. The number of carbonyl (C=O) groups excluding carboxylic acids is 1. The van der Waals surface area contributed by atoms with E-state index in [0.29, 0.717) is 5.75 Å². The van der Waals surface area contributed by atoms with Crippen molar-refractivity contribution in [3.63, 3.8) is 0 Å². The maximum atomic E-state index is 12.0. The fourth-order valence-corrected chi connectivity index (χ4v) is 2.05. The summed E-state index contributed by atoms with van der Waals surface area (Å²) in [5, 5.41) is 37.8. The third kappa shape index (κ3) is 3.59. The zero-order valence-electron chi connectivity index (χ0n) is 12.0. The van der Waals surface area contributed by atoms with E-state index in [1.165, 1.54) is 31.4 Å². The van der Waals surface area contributed by atoms with Gasteiger partial charge in [0.15, 0.2) is 6.10 Å². The number of carbonyl (C=O) groups is 2. The van der Waals surface area contributed by atoms with E-state index < -0.39 is 42.6 Å². The number of esters is 1. The monoisotopic (exact) mass is 328 g/mol. The number of aliphatic carboxylic acids is 1. The Morgan fingerprint density at radius 3 is 2.17 bits per heavy atom. The first-order chi connectivity index (χ1) is 10.8. The van der Waals surface area contributed by atoms with Gasteiger partial charge in [0, 0.05) is 0 Å². The maximum Gasteiger partial charge on any atom is 0.340 e. The molecule has 23 heavy (non-hydrogen) atoms. The fourth-order valence-electron chi connectivity index (χ4n) is 2.05. The summed E-state index contributed by atoms with van der Waals surface area (Å²) < 4.78 is 14.7. The number of hydrogen-bond acceptors (Lipinski definition) is 8. The van der Waals surface area contributed by atoms with Crippen LogP contribution in [0.25, 0.3) is 0 Å². The number of carboxylic acids is 1. The predicted octanol–water partition coefficient (Wildman–Crippen LogP) is -1.26. The second-order valence-electron chi connectivity index (χ2n) is 4.87. The molecule has 1 saturated heterocycles. The van der Waals surface area contributed by atoms with Crippen LogP contribution in [-0.2, 0) is 14.3 Å². The molecule has 1 aromatic rings. The van der Waals surface area contributed by atoms with Crippen molar-refractivity contribution < 1.29 is 44.2 Å². The Morgan fingerprint density at radius 2 is 1.65 bits per heavy atom. The molecule has 9 nitrogen and oxygen atoms in total. The van der Waals surface area contributed by atoms with Gasteiger partial charge in [-0.2, -0.15) is 0 Å². The zero-order chi connectivity index (χ0) is 17.1. The number of aliphatic hydroxyl groups is 3. The van der Waals surface area contributed by atoms with Crippen molar-refractivity contribution in [1.82, 2.24) is 0 Å². The van der Waals surface area contributed by atoms with Crippen LogP contribution in [0, 0.1) is 0 Å².